The number of benzene rings is 3. The number of para-hydroxylation sites is 1. The molecule has 3 aromatic carbocycles. The molecule has 1 aromatic heterocycles. The molecule has 1 saturated heterocycles. The summed E-state index contributed by atoms with van der Waals surface area (Å²) in [6.45, 7) is 2.84. The number of hydrazone groups is 1. The lowest BCUT2D eigenvalue weighted by Crippen LogP contribution is -3.14. The number of hydrogen-bond acceptors (Lipinski definition) is 3. The molecule has 3 atom stereocenters. The van der Waals surface area contributed by atoms with Crippen LogP contribution in [0, 0.1) is 6.92 Å². The van der Waals surface area contributed by atoms with Crippen molar-refractivity contribution in [3.8, 4) is 5.75 Å². The van der Waals surface area contributed by atoms with Crippen molar-refractivity contribution in [2.45, 2.75) is 32.1 Å². The molecule has 2 aliphatic heterocycles. The van der Waals surface area contributed by atoms with Gasteiger partial charge in [-0.05, 0) is 48.4 Å². The molecule has 0 saturated carbocycles. The minimum Gasteiger partial charge on any atom is -0.497 e. The van der Waals surface area contributed by atoms with Crippen LogP contribution in [0.2, 0.25) is 0 Å². The first-order valence-corrected chi connectivity index (χ1v) is 11.6. The summed E-state index contributed by atoms with van der Waals surface area (Å²) in [6.07, 6.45) is 2.31. The highest BCUT2D eigenvalue weighted by Gasteiger charge is 2.53. The van der Waals surface area contributed by atoms with E-state index in [2.05, 4.69) is 54.4 Å². The number of rotatable bonds is 4. The summed E-state index contributed by atoms with van der Waals surface area (Å²) in [5.41, 5.74) is 6.85. The van der Waals surface area contributed by atoms with Gasteiger partial charge in [0, 0.05) is 22.9 Å². The number of fused-ring (bicyclic) bond motifs is 4. The Morgan fingerprint density at radius 1 is 1.06 bits per heavy atom. The van der Waals surface area contributed by atoms with Crippen molar-refractivity contribution in [3.05, 3.63) is 101 Å². The van der Waals surface area contributed by atoms with Crippen molar-refractivity contribution in [1.29, 1.82) is 0 Å². The maximum atomic E-state index is 13.7. The van der Waals surface area contributed by atoms with E-state index in [1.54, 1.807) is 18.3 Å². The fraction of sp³-hybridized carbons (Fsp3) is 0.214. The minimum absolute atomic E-state index is 0.0706. The average Bonchev–Trinajstić information content (AvgIpc) is 3.36. The molecule has 4 aromatic rings. The maximum absolute atomic E-state index is 13.7. The summed E-state index contributed by atoms with van der Waals surface area (Å²) < 4.78 is 5.25. The van der Waals surface area contributed by atoms with Crippen LogP contribution in [0.25, 0.3) is 10.9 Å². The number of aromatic amines is 1. The zero-order valence-corrected chi connectivity index (χ0v) is 19.3. The Balaban J connectivity index is 1.39. The summed E-state index contributed by atoms with van der Waals surface area (Å²) in [7, 11) is 1.65. The van der Waals surface area contributed by atoms with E-state index in [9.17, 15) is 4.79 Å². The summed E-state index contributed by atoms with van der Waals surface area (Å²) in [5, 5.41) is 7.65. The van der Waals surface area contributed by atoms with Gasteiger partial charge in [0.2, 0.25) is 6.17 Å². The van der Waals surface area contributed by atoms with Crippen LogP contribution >= 0.6 is 0 Å². The number of hydrogen-bond donors (Lipinski definition) is 2. The molecule has 1 unspecified atom stereocenters. The zero-order valence-electron chi connectivity index (χ0n) is 19.3. The molecule has 0 spiro atoms. The number of nitrogens with one attached hydrogen (secondary N) is 2. The van der Waals surface area contributed by atoms with E-state index in [0.717, 1.165) is 28.9 Å². The number of H-pyrrole nitrogens is 1. The van der Waals surface area contributed by atoms with Crippen LogP contribution in [-0.2, 0) is 17.8 Å². The van der Waals surface area contributed by atoms with Gasteiger partial charge < -0.3 is 9.72 Å². The smallest absolute Gasteiger partial charge is 0.306 e. The van der Waals surface area contributed by atoms with Crippen molar-refractivity contribution in [3.63, 3.8) is 0 Å². The fourth-order valence-corrected chi connectivity index (χ4v) is 5.33. The van der Waals surface area contributed by atoms with Crippen molar-refractivity contribution in [2.24, 2.45) is 5.10 Å². The number of methoxy groups -OCH3 is 1. The Kier molecular flexibility index (Phi) is 4.96. The number of amides is 1. The fourth-order valence-electron chi connectivity index (χ4n) is 5.33. The van der Waals surface area contributed by atoms with E-state index in [1.807, 2.05) is 30.3 Å². The standard InChI is InChI=1S/C28H26N4O2/c1-18-7-11-20(12-8-18)27-31-17-25-23(22-5-3-4-6-24(22)30-25)15-26(31)28(33)32(27)29-16-19-9-13-21(34-2)14-10-19/h3-14,16,26-27,30H,15,17H2,1-2H3/p+1/b29-16-/t26-,27+/m0/s1. The Labute approximate surface area is 198 Å². The second-order valence-electron chi connectivity index (χ2n) is 9.15. The summed E-state index contributed by atoms with van der Waals surface area (Å²) >= 11 is 0. The summed E-state index contributed by atoms with van der Waals surface area (Å²) in [6, 6.07) is 24.4. The first-order chi connectivity index (χ1) is 16.6. The Bertz CT molecular complexity index is 1390. The van der Waals surface area contributed by atoms with Gasteiger partial charge in [-0.25, -0.2) is 0 Å². The number of carbonyl (C=O) groups is 1. The third-order valence-electron chi connectivity index (χ3n) is 7.10. The molecule has 3 heterocycles. The molecule has 34 heavy (non-hydrogen) atoms. The van der Waals surface area contributed by atoms with Gasteiger partial charge in [0.25, 0.3) is 0 Å². The topological polar surface area (TPSA) is 62.1 Å². The van der Waals surface area contributed by atoms with E-state index >= 15 is 0 Å². The quantitative estimate of drug-likeness (QED) is 0.468. The highest BCUT2D eigenvalue weighted by molar-refractivity contribution is 5.89. The van der Waals surface area contributed by atoms with Gasteiger partial charge in [-0.1, -0.05) is 48.0 Å². The first kappa shape index (κ1) is 20.7. The Morgan fingerprint density at radius 3 is 2.59 bits per heavy atom. The zero-order chi connectivity index (χ0) is 23.2. The number of nitrogens with zero attached hydrogens (tertiary/aromatic N) is 2. The molecule has 0 bridgehead atoms. The lowest BCUT2D eigenvalue weighted by molar-refractivity contribution is -0.960. The number of aryl methyl sites for hydroxylation is 1. The molecule has 0 aliphatic carbocycles. The predicted molar refractivity (Wildman–Crippen MR) is 132 cm³/mol. The molecule has 6 nitrogen and oxygen atoms in total. The van der Waals surface area contributed by atoms with Gasteiger partial charge in [0.05, 0.1) is 19.0 Å². The van der Waals surface area contributed by atoms with Crippen LogP contribution in [0.3, 0.4) is 0 Å². The molecule has 6 rings (SSSR count). The van der Waals surface area contributed by atoms with E-state index in [4.69, 9.17) is 9.84 Å². The van der Waals surface area contributed by atoms with Crippen LogP contribution in [0.5, 0.6) is 5.75 Å². The SMILES string of the molecule is COc1ccc(/C=N\N2C(=O)[C@@H]3Cc4c([nH]c5ccccc45)C[NH+]3[C@H]2c2ccc(C)cc2)cc1. The van der Waals surface area contributed by atoms with Gasteiger partial charge in [-0.3, -0.25) is 9.69 Å². The van der Waals surface area contributed by atoms with E-state index in [0.29, 0.717) is 6.42 Å². The minimum atomic E-state index is -0.174. The van der Waals surface area contributed by atoms with Crippen LogP contribution in [0.1, 0.15) is 34.1 Å². The summed E-state index contributed by atoms with van der Waals surface area (Å²) in [4.78, 5) is 18.6. The molecular formula is C28H27N4O2+. The Morgan fingerprint density at radius 2 is 1.82 bits per heavy atom. The maximum Gasteiger partial charge on any atom is 0.306 e. The lowest BCUT2D eigenvalue weighted by atomic mass is 9.96. The summed E-state index contributed by atoms with van der Waals surface area (Å²) in [5.74, 6) is 0.864. The normalized spacial score (nSPS) is 21.8. The second-order valence-corrected chi connectivity index (χ2v) is 9.15. The van der Waals surface area contributed by atoms with Gasteiger partial charge in [-0.15, -0.1) is 0 Å². The van der Waals surface area contributed by atoms with E-state index in [1.165, 1.54) is 27.1 Å². The number of carbonyl (C=O) groups excluding carboxylic acids is 1. The average molecular weight is 452 g/mol. The van der Waals surface area contributed by atoms with Crippen LogP contribution in [0.4, 0.5) is 0 Å². The monoisotopic (exact) mass is 451 g/mol. The van der Waals surface area contributed by atoms with Crippen LogP contribution in [0.15, 0.2) is 77.9 Å². The van der Waals surface area contributed by atoms with Gasteiger partial charge in [0.1, 0.15) is 12.3 Å². The molecular weight excluding hydrogens is 424 g/mol. The molecule has 6 heteroatoms. The van der Waals surface area contributed by atoms with E-state index in [-0.39, 0.29) is 18.1 Å². The van der Waals surface area contributed by atoms with Crippen molar-refractivity contribution in [2.75, 3.05) is 7.11 Å². The van der Waals surface area contributed by atoms with Crippen molar-refractivity contribution >= 4 is 23.0 Å². The Hall–Kier alpha value is -3.90. The van der Waals surface area contributed by atoms with Crippen molar-refractivity contribution in [1.82, 2.24) is 9.99 Å². The lowest BCUT2D eigenvalue weighted by Gasteiger charge is -2.29. The highest BCUT2D eigenvalue weighted by atomic mass is 16.5. The third kappa shape index (κ3) is 3.38. The number of quaternary nitrogens is 1. The number of ether oxygens (including phenoxy) is 1. The molecule has 170 valence electrons. The molecule has 0 radical (unpaired) electrons. The number of aromatic nitrogens is 1. The van der Waals surface area contributed by atoms with Crippen molar-refractivity contribution < 1.29 is 14.4 Å². The largest absolute Gasteiger partial charge is 0.497 e. The highest BCUT2D eigenvalue weighted by Crippen LogP contribution is 2.31. The molecule has 2 aliphatic rings. The predicted octanol–water partition coefficient (Wildman–Crippen LogP) is 3.37. The van der Waals surface area contributed by atoms with Crippen LogP contribution < -0.4 is 9.64 Å². The van der Waals surface area contributed by atoms with Crippen LogP contribution in [-0.4, -0.2) is 35.3 Å². The van der Waals surface area contributed by atoms with Gasteiger partial charge in [-0.2, -0.15) is 10.1 Å². The molecule has 2 N–H and O–H groups in total. The van der Waals surface area contributed by atoms with Gasteiger partial charge >= 0.3 is 5.91 Å². The first-order valence-electron chi connectivity index (χ1n) is 11.6. The second kappa shape index (κ2) is 8.15. The molecule has 1 fully saturated rings. The molecule has 1 amide bonds. The van der Waals surface area contributed by atoms with E-state index < -0.39 is 0 Å². The third-order valence-corrected chi connectivity index (χ3v) is 7.10. The van der Waals surface area contributed by atoms with Gasteiger partial charge in [0.15, 0.2) is 6.04 Å².